The van der Waals surface area contributed by atoms with Gasteiger partial charge in [0.1, 0.15) is 5.82 Å². The normalized spacial score (nSPS) is 17.2. The number of anilines is 2. The first-order chi connectivity index (χ1) is 17.6. The largest absolute Gasteiger partial charge is 0.410 e. The lowest BCUT2D eigenvalue weighted by atomic mass is 9.97. The van der Waals surface area contributed by atoms with Crippen molar-refractivity contribution in [2.75, 3.05) is 10.6 Å². The van der Waals surface area contributed by atoms with Crippen LogP contribution < -0.4 is 10.6 Å². The van der Waals surface area contributed by atoms with Crippen molar-refractivity contribution in [1.29, 1.82) is 0 Å². The van der Waals surface area contributed by atoms with Crippen LogP contribution in [0.5, 0.6) is 0 Å². The van der Waals surface area contributed by atoms with Crippen LogP contribution in [-0.2, 0) is 6.54 Å². The van der Waals surface area contributed by atoms with Crippen LogP contribution in [-0.4, -0.2) is 31.6 Å². The molecule has 0 unspecified atom stereocenters. The summed E-state index contributed by atoms with van der Waals surface area (Å²) in [6.45, 7) is 6.16. The Labute approximate surface area is 212 Å². The predicted molar refractivity (Wildman–Crippen MR) is 135 cm³/mol. The zero-order valence-corrected chi connectivity index (χ0v) is 20.7. The highest BCUT2D eigenvalue weighted by atomic mass is 19.4. The first kappa shape index (κ1) is 24.6. The monoisotopic (exact) mass is 508 g/mol. The van der Waals surface area contributed by atoms with Gasteiger partial charge in [-0.25, -0.2) is 4.68 Å². The number of nitrogens with zero attached hydrogens (tertiary/aromatic N) is 4. The summed E-state index contributed by atoms with van der Waals surface area (Å²) in [6, 6.07) is 16.0. The van der Waals surface area contributed by atoms with Gasteiger partial charge in [0, 0.05) is 12.5 Å². The lowest BCUT2D eigenvalue weighted by molar-refractivity contribution is -0.173. The Kier molecular flexibility index (Phi) is 6.26. The number of carbonyl (C=O) groups excluding carboxylic acids is 1. The predicted octanol–water partition coefficient (Wildman–Crippen LogP) is 5.97. The van der Waals surface area contributed by atoms with Crippen LogP contribution in [0.1, 0.15) is 57.1 Å². The maximum Gasteiger partial charge on any atom is 0.410 e. The van der Waals surface area contributed by atoms with Crippen molar-refractivity contribution in [2.45, 2.75) is 52.0 Å². The quantitative estimate of drug-likeness (QED) is 0.349. The van der Waals surface area contributed by atoms with E-state index in [1.54, 1.807) is 35.9 Å². The van der Waals surface area contributed by atoms with Gasteiger partial charge in [-0.15, -0.1) is 0 Å². The van der Waals surface area contributed by atoms with Crippen molar-refractivity contribution in [1.82, 2.24) is 19.6 Å². The smallest absolute Gasteiger partial charge is 0.363 e. The third-order valence-corrected chi connectivity index (χ3v) is 6.70. The highest BCUT2D eigenvalue weighted by molar-refractivity contribution is 6.04. The van der Waals surface area contributed by atoms with Crippen LogP contribution in [0.15, 0.2) is 60.7 Å². The molecule has 0 spiro atoms. The Bertz CT molecular complexity index is 1420. The average molecular weight is 509 g/mol. The van der Waals surface area contributed by atoms with Crippen LogP contribution in [0.25, 0.3) is 0 Å². The van der Waals surface area contributed by atoms with Crippen LogP contribution in [0, 0.1) is 20.8 Å². The van der Waals surface area contributed by atoms with Crippen molar-refractivity contribution in [3.05, 3.63) is 94.4 Å². The summed E-state index contributed by atoms with van der Waals surface area (Å²) >= 11 is 0. The van der Waals surface area contributed by atoms with Gasteiger partial charge in [0.15, 0.2) is 11.7 Å². The summed E-state index contributed by atoms with van der Waals surface area (Å²) in [5, 5.41) is 14.5. The number of nitrogens with one attached hydrogen (secondary N) is 2. The number of aryl methyl sites for hydroxylation is 2. The van der Waals surface area contributed by atoms with Crippen LogP contribution in [0.4, 0.5) is 24.7 Å². The number of hydrogen-bond donors (Lipinski definition) is 2. The van der Waals surface area contributed by atoms with Crippen molar-refractivity contribution >= 4 is 17.4 Å². The fourth-order valence-electron chi connectivity index (χ4n) is 4.66. The zero-order chi connectivity index (χ0) is 26.3. The fraction of sp³-hybridized carbons (Fsp3) is 0.296. The van der Waals surface area contributed by atoms with Gasteiger partial charge in [-0.3, -0.25) is 9.48 Å². The highest BCUT2D eigenvalue weighted by Crippen LogP contribution is 2.43. The number of benzene rings is 2. The first-order valence-corrected chi connectivity index (χ1v) is 12.0. The number of fused-ring (bicyclic) bond motifs is 1. The molecule has 7 nitrogen and oxygen atoms in total. The van der Waals surface area contributed by atoms with E-state index in [1.807, 2.05) is 44.2 Å². The minimum Gasteiger partial charge on any atom is -0.363 e. The summed E-state index contributed by atoms with van der Waals surface area (Å²) in [6.07, 6.45) is -4.75. The number of hydrogen-bond acceptors (Lipinski definition) is 4. The molecule has 0 aliphatic carbocycles. The molecule has 2 aromatic carbocycles. The van der Waals surface area contributed by atoms with E-state index < -0.39 is 24.2 Å². The van der Waals surface area contributed by atoms with E-state index >= 15 is 0 Å². The minimum absolute atomic E-state index is 0.101. The van der Waals surface area contributed by atoms with Gasteiger partial charge >= 0.3 is 6.18 Å². The maximum atomic E-state index is 14.0. The molecule has 10 heteroatoms. The van der Waals surface area contributed by atoms with Gasteiger partial charge in [-0.05, 0) is 31.9 Å². The molecule has 37 heavy (non-hydrogen) atoms. The number of aromatic nitrogens is 4. The third kappa shape index (κ3) is 4.96. The molecule has 0 fully saturated rings. The molecule has 2 N–H and O–H groups in total. The van der Waals surface area contributed by atoms with Gasteiger partial charge in [0.25, 0.3) is 5.91 Å². The molecule has 2 atom stereocenters. The minimum atomic E-state index is -4.52. The number of carbonyl (C=O) groups is 1. The molecule has 4 aromatic rings. The van der Waals surface area contributed by atoms with E-state index in [1.165, 1.54) is 6.07 Å². The highest BCUT2D eigenvalue weighted by Gasteiger charge is 2.46. The molecule has 2 aromatic heterocycles. The molecule has 3 heterocycles. The topological polar surface area (TPSA) is 76.8 Å². The van der Waals surface area contributed by atoms with Crippen LogP contribution >= 0.6 is 0 Å². The molecule has 0 radical (unpaired) electrons. The molecule has 1 amide bonds. The Hall–Kier alpha value is -4.08. The Morgan fingerprint density at radius 1 is 1.05 bits per heavy atom. The van der Waals surface area contributed by atoms with E-state index in [0.29, 0.717) is 17.9 Å². The standard InChI is InChI=1S/C27H27F3N6O/c1-16-9-11-19(12-10-16)15-35-18(3)25(17(2)33-35)32-26(37)22-14-24-31-21(20-7-5-4-6-8-20)13-23(27(28,29)30)36(24)34-22/h4-12,14,21,23,31H,13,15H2,1-3H3,(H,32,37)/t21-,23-/m0/s1. The van der Waals surface area contributed by atoms with E-state index in [0.717, 1.165) is 27.1 Å². The van der Waals surface area contributed by atoms with E-state index in [9.17, 15) is 18.0 Å². The van der Waals surface area contributed by atoms with E-state index in [-0.39, 0.29) is 17.9 Å². The second kappa shape index (κ2) is 9.42. The summed E-state index contributed by atoms with van der Waals surface area (Å²) < 4.78 is 44.6. The lowest BCUT2D eigenvalue weighted by Gasteiger charge is -2.33. The van der Waals surface area contributed by atoms with Gasteiger partial charge in [-0.2, -0.15) is 23.4 Å². The molecule has 192 valence electrons. The Morgan fingerprint density at radius 3 is 2.43 bits per heavy atom. The lowest BCUT2D eigenvalue weighted by Crippen LogP contribution is -2.35. The van der Waals surface area contributed by atoms with Gasteiger partial charge in [0.05, 0.1) is 29.7 Å². The Balaban J connectivity index is 1.39. The fourth-order valence-corrected chi connectivity index (χ4v) is 4.66. The molecule has 1 aliphatic heterocycles. The second-order valence-electron chi connectivity index (χ2n) is 9.40. The number of rotatable bonds is 5. The summed E-state index contributed by atoms with van der Waals surface area (Å²) in [5.74, 6) is -0.446. The van der Waals surface area contributed by atoms with Crippen LogP contribution in [0.2, 0.25) is 0 Å². The van der Waals surface area contributed by atoms with Crippen molar-refractivity contribution < 1.29 is 18.0 Å². The van der Waals surface area contributed by atoms with E-state index in [4.69, 9.17) is 0 Å². The zero-order valence-electron chi connectivity index (χ0n) is 20.7. The third-order valence-electron chi connectivity index (χ3n) is 6.70. The molecule has 0 saturated heterocycles. The van der Waals surface area contributed by atoms with Crippen molar-refractivity contribution in [2.24, 2.45) is 0 Å². The summed E-state index contributed by atoms with van der Waals surface area (Å²) in [5.41, 5.74) is 4.73. The van der Waals surface area contributed by atoms with Gasteiger partial charge in [-0.1, -0.05) is 60.2 Å². The Morgan fingerprint density at radius 2 is 1.76 bits per heavy atom. The molecular formula is C27H27F3N6O. The summed E-state index contributed by atoms with van der Waals surface area (Å²) in [7, 11) is 0. The van der Waals surface area contributed by atoms with E-state index in [2.05, 4.69) is 20.8 Å². The molecule has 5 rings (SSSR count). The second-order valence-corrected chi connectivity index (χ2v) is 9.40. The van der Waals surface area contributed by atoms with Crippen molar-refractivity contribution in [3.8, 4) is 0 Å². The molecule has 0 saturated carbocycles. The first-order valence-electron chi connectivity index (χ1n) is 12.0. The maximum absolute atomic E-state index is 14.0. The molecule has 0 bridgehead atoms. The van der Waals surface area contributed by atoms with Crippen molar-refractivity contribution in [3.63, 3.8) is 0 Å². The number of amides is 1. The van der Waals surface area contributed by atoms with Crippen LogP contribution in [0.3, 0.4) is 0 Å². The summed E-state index contributed by atoms with van der Waals surface area (Å²) in [4.78, 5) is 13.1. The average Bonchev–Trinajstić information content (AvgIpc) is 3.41. The number of halogens is 3. The number of alkyl halides is 3. The van der Waals surface area contributed by atoms with Gasteiger partial charge < -0.3 is 10.6 Å². The van der Waals surface area contributed by atoms with Gasteiger partial charge in [0.2, 0.25) is 0 Å². The molecular weight excluding hydrogens is 481 g/mol. The SMILES string of the molecule is Cc1ccc(Cn2nc(C)c(NC(=O)c3cc4n(n3)[C@H](C(F)(F)F)C[C@@H](c3ccccc3)N4)c2C)cc1. The molecule has 1 aliphatic rings.